The highest BCUT2D eigenvalue weighted by molar-refractivity contribution is 9.10. The van der Waals surface area contributed by atoms with Crippen molar-refractivity contribution in [2.24, 2.45) is 0 Å². The molecule has 2 amide bonds. The summed E-state index contributed by atoms with van der Waals surface area (Å²) in [6.45, 7) is 1.37. The van der Waals surface area contributed by atoms with Crippen LogP contribution in [0.3, 0.4) is 0 Å². The van der Waals surface area contributed by atoms with Crippen molar-refractivity contribution in [1.29, 1.82) is 0 Å². The highest BCUT2D eigenvalue weighted by Gasteiger charge is 2.15. The first kappa shape index (κ1) is 24.3. The Bertz CT molecular complexity index is 1320. The van der Waals surface area contributed by atoms with Gasteiger partial charge in [-0.2, -0.15) is 5.10 Å². The number of benzene rings is 2. The predicted molar refractivity (Wildman–Crippen MR) is 127 cm³/mol. The lowest BCUT2D eigenvalue weighted by Gasteiger charge is -2.09. The minimum Gasteiger partial charge on any atom is -0.326 e. The predicted octanol–water partition coefficient (Wildman–Crippen LogP) is 2.92. The van der Waals surface area contributed by atoms with E-state index in [9.17, 15) is 22.8 Å². The number of aryl methyl sites for hydroxylation is 1. The van der Waals surface area contributed by atoms with Crippen LogP contribution in [-0.4, -0.2) is 30.0 Å². The quantitative estimate of drug-likeness (QED) is 0.459. The molecule has 2 N–H and O–H groups in total. The highest BCUT2D eigenvalue weighted by Crippen LogP contribution is 2.19. The van der Waals surface area contributed by atoms with Crippen LogP contribution in [0.2, 0.25) is 0 Å². The molecule has 0 aliphatic carbocycles. The average Bonchev–Trinajstić information content (AvgIpc) is 2.75. The van der Waals surface area contributed by atoms with E-state index in [0.29, 0.717) is 17.8 Å². The number of aromatic nitrogens is 2. The van der Waals surface area contributed by atoms with Crippen LogP contribution in [0.5, 0.6) is 0 Å². The second kappa shape index (κ2) is 10.5. The van der Waals surface area contributed by atoms with Crippen molar-refractivity contribution < 1.29 is 18.0 Å². The molecule has 0 radical (unpaired) electrons. The van der Waals surface area contributed by atoms with Crippen LogP contribution in [0.4, 0.5) is 5.69 Å². The summed E-state index contributed by atoms with van der Waals surface area (Å²) >= 11 is 3.38. The highest BCUT2D eigenvalue weighted by atomic mass is 79.9. The SMILES string of the molecule is CC(=O)NS(=O)(=O)c1ccc(NC(=O)CCCn2nc(-c3ccc(Br)cc3)ccc2=O)cc1. The van der Waals surface area contributed by atoms with Crippen LogP contribution in [-0.2, 0) is 26.2 Å². The Morgan fingerprint density at radius 2 is 1.67 bits per heavy atom. The molecule has 0 unspecified atom stereocenters. The minimum absolute atomic E-state index is 0.0909. The summed E-state index contributed by atoms with van der Waals surface area (Å²) < 4.78 is 28.0. The van der Waals surface area contributed by atoms with Crippen molar-refractivity contribution in [3.05, 3.63) is 75.5 Å². The molecule has 0 aliphatic heterocycles. The lowest BCUT2D eigenvalue weighted by molar-refractivity contribution is -0.117. The van der Waals surface area contributed by atoms with Gasteiger partial charge in [0.25, 0.3) is 15.6 Å². The third-order valence-electron chi connectivity index (χ3n) is 4.51. The van der Waals surface area contributed by atoms with Crippen molar-refractivity contribution in [2.75, 3.05) is 5.32 Å². The monoisotopic (exact) mass is 532 g/mol. The van der Waals surface area contributed by atoms with E-state index in [-0.39, 0.29) is 29.3 Å². The van der Waals surface area contributed by atoms with Gasteiger partial charge < -0.3 is 5.32 Å². The van der Waals surface area contributed by atoms with E-state index >= 15 is 0 Å². The topological polar surface area (TPSA) is 127 Å². The summed E-state index contributed by atoms with van der Waals surface area (Å²) in [4.78, 5) is 35.3. The van der Waals surface area contributed by atoms with Crippen LogP contribution in [0.15, 0.2) is 74.8 Å². The maximum absolute atomic E-state index is 12.2. The number of hydrogen-bond acceptors (Lipinski definition) is 6. The molecule has 0 fully saturated rings. The number of carbonyl (C=O) groups is 2. The molecule has 1 aromatic heterocycles. The van der Waals surface area contributed by atoms with Crippen molar-refractivity contribution >= 4 is 43.5 Å². The lowest BCUT2D eigenvalue weighted by atomic mass is 10.1. The summed E-state index contributed by atoms with van der Waals surface area (Å²) in [7, 11) is -3.93. The van der Waals surface area contributed by atoms with Crippen molar-refractivity contribution in [3.63, 3.8) is 0 Å². The fraction of sp³-hybridized carbons (Fsp3) is 0.182. The van der Waals surface area contributed by atoms with Gasteiger partial charge in [0.15, 0.2) is 0 Å². The van der Waals surface area contributed by atoms with E-state index < -0.39 is 15.9 Å². The van der Waals surface area contributed by atoms with Crippen molar-refractivity contribution in [1.82, 2.24) is 14.5 Å². The molecule has 33 heavy (non-hydrogen) atoms. The summed E-state index contributed by atoms with van der Waals surface area (Å²) in [5, 5.41) is 7.05. The largest absolute Gasteiger partial charge is 0.326 e. The van der Waals surface area contributed by atoms with Crippen LogP contribution in [0.1, 0.15) is 19.8 Å². The van der Waals surface area contributed by atoms with Gasteiger partial charge in [0, 0.05) is 41.7 Å². The molecule has 3 rings (SSSR count). The number of nitrogens with zero attached hydrogens (tertiary/aromatic N) is 2. The number of hydrogen-bond donors (Lipinski definition) is 2. The molecule has 0 spiro atoms. The van der Waals surface area contributed by atoms with Crippen LogP contribution in [0.25, 0.3) is 11.3 Å². The molecule has 0 saturated heterocycles. The Hall–Kier alpha value is -3.31. The smallest absolute Gasteiger partial charge is 0.266 e. The Labute approximate surface area is 199 Å². The normalized spacial score (nSPS) is 11.1. The zero-order valence-corrected chi connectivity index (χ0v) is 20.0. The zero-order chi connectivity index (χ0) is 24.0. The van der Waals surface area contributed by atoms with Crippen LogP contribution >= 0.6 is 15.9 Å². The summed E-state index contributed by atoms with van der Waals surface area (Å²) in [6.07, 6.45) is 0.528. The molecule has 0 bridgehead atoms. The van der Waals surface area contributed by atoms with E-state index in [2.05, 4.69) is 26.3 Å². The number of amides is 2. The van der Waals surface area contributed by atoms with Gasteiger partial charge >= 0.3 is 0 Å². The molecular weight excluding hydrogens is 512 g/mol. The van der Waals surface area contributed by atoms with E-state index in [1.807, 2.05) is 29.0 Å². The molecule has 2 aromatic carbocycles. The van der Waals surface area contributed by atoms with E-state index in [4.69, 9.17) is 0 Å². The number of anilines is 1. The lowest BCUT2D eigenvalue weighted by Crippen LogP contribution is -2.28. The molecule has 1 heterocycles. The third kappa shape index (κ3) is 6.83. The summed E-state index contributed by atoms with van der Waals surface area (Å²) in [6, 6.07) is 16.1. The second-order valence-electron chi connectivity index (χ2n) is 7.12. The molecule has 0 aliphatic rings. The third-order valence-corrected chi connectivity index (χ3v) is 6.48. The number of nitrogens with one attached hydrogen (secondary N) is 2. The number of carbonyl (C=O) groups excluding carboxylic acids is 2. The molecule has 0 atom stereocenters. The van der Waals surface area contributed by atoms with Crippen molar-refractivity contribution in [3.8, 4) is 11.3 Å². The van der Waals surface area contributed by atoms with Gasteiger partial charge in [0.05, 0.1) is 10.6 Å². The molecule has 3 aromatic rings. The summed E-state index contributed by atoms with van der Waals surface area (Å²) in [5.74, 6) is -0.979. The zero-order valence-electron chi connectivity index (χ0n) is 17.6. The maximum atomic E-state index is 12.2. The Balaban J connectivity index is 1.56. The molecule has 11 heteroatoms. The standard InChI is InChI=1S/C22H21BrN4O5S/c1-15(28)26-33(31,32)19-10-8-18(9-11-19)24-21(29)3-2-14-27-22(30)13-12-20(25-27)16-4-6-17(23)7-5-16/h4-13H,2-3,14H2,1H3,(H,24,29)(H,26,28). The van der Waals surface area contributed by atoms with Gasteiger partial charge in [0.2, 0.25) is 11.8 Å². The first-order valence-electron chi connectivity index (χ1n) is 9.91. The second-order valence-corrected chi connectivity index (χ2v) is 9.72. The molecular formula is C22H21BrN4O5S. The number of rotatable bonds is 8. The van der Waals surface area contributed by atoms with Crippen LogP contribution < -0.4 is 15.6 Å². The first-order chi connectivity index (χ1) is 15.6. The van der Waals surface area contributed by atoms with Crippen LogP contribution in [0, 0.1) is 0 Å². The van der Waals surface area contributed by atoms with E-state index in [1.165, 1.54) is 35.0 Å². The fourth-order valence-corrected chi connectivity index (χ4v) is 4.22. The van der Waals surface area contributed by atoms with Gasteiger partial charge in [-0.15, -0.1) is 0 Å². The Kier molecular flexibility index (Phi) is 7.77. The molecule has 9 nitrogen and oxygen atoms in total. The summed E-state index contributed by atoms with van der Waals surface area (Å²) in [5.41, 5.74) is 1.68. The Morgan fingerprint density at radius 3 is 2.30 bits per heavy atom. The first-order valence-corrected chi connectivity index (χ1v) is 12.2. The minimum atomic E-state index is -3.93. The van der Waals surface area contributed by atoms with Gasteiger partial charge in [-0.05, 0) is 48.9 Å². The van der Waals surface area contributed by atoms with E-state index in [0.717, 1.165) is 17.0 Å². The van der Waals surface area contributed by atoms with Gasteiger partial charge in [-0.3, -0.25) is 14.4 Å². The number of sulfonamides is 1. The van der Waals surface area contributed by atoms with Gasteiger partial charge in [-0.25, -0.2) is 17.8 Å². The Morgan fingerprint density at radius 1 is 1.00 bits per heavy atom. The molecule has 0 saturated carbocycles. The van der Waals surface area contributed by atoms with E-state index in [1.54, 1.807) is 6.07 Å². The average molecular weight is 533 g/mol. The maximum Gasteiger partial charge on any atom is 0.266 e. The van der Waals surface area contributed by atoms with Crippen molar-refractivity contribution in [2.45, 2.75) is 31.2 Å². The fourth-order valence-electron chi connectivity index (χ4n) is 2.96. The van der Waals surface area contributed by atoms with Gasteiger partial charge in [-0.1, -0.05) is 28.1 Å². The number of halogens is 1. The molecule has 172 valence electrons. The van der Waals surface area contributed by atoms with Gasteiger partial charge in [0.1, 0.15) is 0 Å².